The third-order valence-corrected chi connectivity index (χ3v) is 6.33. The average molecular weight is 455 g/mol. The van der Waals surface area contributed by atoms with Gasteiger partial charge in [-0.25, -0.2) is 4.98 Å². The van der Waals surface area contributed by atoms with Gasteiger partial charge in [0.05, 0.1) is 17.1 Å². The Morgan fingerprint density at radius 1 is 1.17 bits per heavy atom. The van der Waals surface area contributed by atoms with Crippen molar-refractivity contribution in [3.8, 4) is 16.4 Å². The van der Waals surface area contributed by atoms with Gasteiger partial charge in [0.1, 0.15) is 5.82 Å². The highest BCUT2D eigenvalue weighted by Crippen LogP contribution is 2.27. The summed E-state index contributed by atoms with van der Waals surface area (Å²) < 4.78 is 1.68. The molecule has 30 heavy (non-hydrogen) atoms. The van der Waals surface area contributed by atoms with Gasteiger partial charge in [0.25, 0.3) is 0 Å². The van der Waals surface area contributed by atoms with Crippen molar-refractivity contribution in [1.82, 2.24) is 14.8 Å². The van der Waals surface area contributed by atoms with E-state index in [0.717, 1.165) is 22.7 Å². The Morgan fingerprint density at radius 3 is 2.70 bits per heavy atom. The number of aromatic nitrogens is 3. The molecule has 1 amide bonds. The zero-order chi connectivity index (χ0) is 20.9. The van der Waals surface area contributed by atoms with Crippen LogP contribution in [0.1, 0.15) is 11.3 Å². The number of rotatable bonds is 7. The van der Waals surface area contributed by atoms with Crippen LogP contribution >= 0.6 is 34.7 Å². The lowest BCUT2D eigenvalue weighted by molar-refractivity contribution is -0.113. The number of aryl methyl sites for hydroxylation is 1. The van der Waals surface area contributed by atoms with Gasteiger partial charge < -0.3 is 5.32 Å². The molecule has 0 spiro atoms. The smallest absolute Gasteiger partial charge is 0.235 e. The van der Waals surface area contributed by atoms with Gasteiger partial charge in [-0.1, -0.05) is 54.1 Å². The fourth-order valence-corrected chi connectivity index (χ4v) is 4.57. The van der Waals surface area contributed by atoms with Crippen molar-refractivity contribution in [2.75, 3.05) is 11.1 Å². The van der Waals surface area contributed by atoms with Crippen LogP contribution in [0.2, 0.25) is 5.02 Å². The van der Waals surface area contributed by atoms with Crippen LogP contribution in [0.5, 0.6) is 0 Å². The second kappa shape index (κ2) is 9.47. The van der Waals surface area contributed by atoms with E-state index in [1.165, 1.54) is 16.9 Å². The van der Waals surface area contributed by atoms with E-state index < -0.39 is 0 Å². The maximum Gasteiger partial charge on any atom is 0.235 e. The Kier molecular flexibility index (Phi) is 6.52. The molecule has 152 valence electrons. The van der Waals surface area contributed by atoms with E-state index in [1.807, 2.05) is 60.8 Å². The molecule has 4 aromatic rings. The minimum atomic E-state index is -0.0634. The van der Waals surface area contributed by atoms with Gasteiger partial charge in [-0.3, -0.25) is 4.79 Å². The lowest BCUT2D eigenvalue weighted by atomic mass is 10.2. The van der Waals surface area contributed by atoms with Crippen molar-refractivity contribution in [2.24, 2.45) is 0 Å². The first kappa shape index (κ1) is 20.7. The topological polar surface area (TPSA) is 59.8 Å². The Morgan fingerprint density at radius 2 is 1.93 bits per heavy atom. The quantitative estimate of drug-likeness (QED) is 0.381. The number of thiazole rings is 1. The van der Waals surface area contributed by atoms with E-state index in [2.05, 4.69) is 27.5 Å². The first-order chi connectivity index (χ1) is 14.6. The number of hydrogen-bond acceptors (Lipinski definition) is 5. The molecule has 0 atom stereocenters. The lowest BCUT2D eigenvalue weighted by Gasteiger charge is -2.06. The summed E-state index contributed by atoms with van der Waals surface area (Å²) in [7, 11) is 0. The third-order valence-electron chi connectivity index (χ3n) is 4.26. The molecule has 0 radical (unpaired) electrons. The van der Waals surface area contributed by atoms with Crippen LogP contribution in [-0.2, 0) is 10.5 Å². The van der Waals surface area contributed by atoms with Gasteiger partial charge in [0, 0.05) is 27.8 Å². The van der Waals surface area contributed by atoms with Gasteiger partial charge in [0.15, 0.2) is 0 Å². The molecular weight excluding hydrogens is 436 g/mol. The molecule has 0 aliphatic carbocycles. The summed E-state index contributed by atoms with van der Waals surface area (Å²) >= 11 is 9.02. The van der Waals surface area contributed by atoms with Crippen LogP contribution < -0.4 is 5.32 Å². The predicted octanol–water partition coefficient (Wildman–Crippen LogP) is 5.83. The van der Waals surface area contributed by atoms with Crippen molar-refractivity contribution >= 4 is 46.4 Å². The van der Waals surface area contributed by atoms with Gasteiger partial charge in [-0.15, -0.1) is 23.1 Å². The maximum atomic E-state index is 12.5. The number of nitrogens with zero attached hydrogens (tertiary/aromatic N) is 3. The second-order valence-corrected chi connectivity index (χ2v) is 8.89. The number of hydrogen-bond donors (Lipinski definition) is 1. The Hall–Kier alpha value is -2.61. The molecular formula is C22H19ClN4OS2. The van der Waals surface area contributed by atoms with E-state index >= 15 is 0 Å². The Balaban J connectivity index is 1.43. The number of thioether (sulfide) groups is 1. The van der Waals surface area contributed by atoms with E-state index in [1.54, 1.807) is 16.4 Å². The molecule has 4 rings (SSSR count). The number of carbonyl (C=O) groups excluding carboxylic acids is 1. The molecule has 0 bridgehead atoms. The standard InChI is InChI=1S/C22H19ClN4OS2/c1-15-11-20(25-21(28)14-29-12-16-5-3-2-4-6-16)27(26-15)22-24-19(13-30-22)17-7-9-18(23)10-8-17/h2-11,13H,12,14H2,1H3,(H,25,28). The number of anilines is 1. The van der Waals surface area contributed by atoms with Crippen molar-refractivity contribution in [1.29, 1.82) is 0 Å². The van der Waals surface area contributed by atoms with E-state index in [0.29, 0.717) is 21.7 Å². The summed E-state index contributed by atoms with van der Waals surface area (Å²) in [5, 5.41) is 10.8. The molecule has 8 heteroatoms. The molecule has 2 aromatic carbocycles. The van der Waals surface area contributed by atoms with Crippen LogP contribution in [0, 0.1) is 6.92 Å². The maximum absolute atomic E-state index is 12.5. The Labute approximate surface area is 188 Å². The molecule has 0 fully saturated rings. The van der Waals surface area contributed by atoms with Crippen molar-refractivity contribution in [3.63, 3.8) is 0 Å². The average Bonchev–Trinajstić information content (AvgIpc) is 3.36. The van der Waals surface area contributed by atoms with Gasteiger partial charge in [0.2, 0.25) is 11.0 Å². The summed E-state index contributed by atoms with van der Waals surface area (Å²) in [4.78, 5) is 17.1. The normalized spacial score (nSPS) is 10.9. The van der Waals surface area contributed by atoms with Crippen LogP contribution in [0.4, 0.5) is 5.82 Å². The monoisotopic (exact) mass is 454 g/mol. The lowest BCUT2D eigenvalue weighted by Crippen LogP contribution is -2.17. The summed E-state index contributed by atoms with van der Waals surface area (Å²) in [6.45, 7) is 1.89. The van der Waals surface area contributed by atoms with E-state index in [9.17, 15) is 4.79 Å². The first-order valence-corrected chi connectivity index (χ1v) is 11.7. The Bertz CT molecular complexity index is 1140. The summed E-state index contributed by atoms with van der Waals surface area (Å²) in [5.74, 6) is 1.72. The van der Waals surface area contributed by atoms with Gasteiger partial charge in [-0.05, 0) is 24.6 Å². The zero-order valence-corrected chi connectivity index (χ0v) is 18.6. The zero-order valence-electron chi connectivity index (χ0n) is 16.2. The largest absolute Gasteiger partial charge is 0.310 e. The fourth-order valence-electron chi connectivity index (χ4n) is 2.86. The molecule has 0 aliphatic heterocycles. The van der Waals surface area contributed by atoms with Gasteiger partial charge in [-0.2, -0.15) is 9.78 Å². The van der Waals surface area contributed by atoms with Crippen LogP contribution in [0.25, 0.3) is 16.4 Å². The van der Waals surface area contributed by atoms with Crippen molar-refractivity contribution < 1.29 is 4.79 Å². The number of nitrogens with one attached hydrogen (secondary N) is 1. The van der Waals surface area contributed by atoms with Gasteiger partial charge >= 0.3 is 0 Å². The van der Waals surface area contributed by atoms with Crippen molar-refractivity contribution in [3.05, 3.63) is 82.3 Å². The molecule has 0 aliphatic rings. The molecule has 0 saturated carbocycles. The highest BCUT2D eigenvalue weighted by Gasteiger charge is 2.14. The highest BCUT2D eigenvalue weighted by atomic mass is 35.5. The minimum Gasteiger partial charge on any atom is -0.310 e. The number of halogens is 1. The minimum absolute atomic E-state index is 0.0634. The van der Waals surface area contributed by atoms with E-state index in [4.69, 9.17) is 11.6 Å². The molecule has 0 saturated heterocycles. The van der Waals surface area contributed by atoms with Crippen LogP contribution in [0.3, 0.4) is 0 Å². The summed E-state index contributed by atoms with van der Waals surface area (Å²) in [6.07, 6.45) is 0. The predicted molar refractivity (Wildman–Crippen MR) is 126 cm³/mol. The van der Waals surface area contributed by atoms with Crippen LogP contribution in [-0.4, -0.2) is 26.4 Å². The molecule has 5 nitrogen and oxygen atoms in total. The summed E-state index contributed by atoms with van der Waals surface area (Å²) in [5.41, 5.74) is 3.84. The van der Waals surface area contributed by atoms with E-state index in [-0.39, 0.29) is 5.91 Å². The fraction of sp³-hybridized carbons (Fsp3) is 0.136. The molecule has 0 unspecified atom stereocenters. The number of amides is 1. The third kappa shape index (κ3) is 5.11. The highest BCUT2D eigenvalue weighted by molar-refractivity contribution is 7.99. The van der Waals surface area contributed by atoms with Crippen molar-refractivity contribution in [2.45, 2.75) is 12.7 Å². The summed E-state index contributed by atoms with van der Waals surface area (Å²) in [6, 6.07) is 19.5. The molecule has 2 aromatic heterocycles. The molecule has 1 N–H and O–H groups in total. The van der Waals surface area contributed by atoms with Crippen LogP contribution in [0.15, 0.2) is 66.0 Å². The number of carbonyl (C=O) groups is 1. The molecule has 2 heterocycles. The number of benzene rings is 2. The first-order valence-electron chi connectivity index (χ1n) is 9.28. The SMILES string of the molecule is Cc1cc(NC(=O)CSCc2ccccc2)n(-c2nc(-c3ccc(Cl)cc3)cs2)n1. The second-order valence-electron chi connectivity index (χ2n) is 6.63.